The van der Waals surface area contributed by atoms with Crippen molar-refractivity contribution in [2.45, 2.75) is 38.5 Å². The summed E-state index contributed by atoms with van der Waals surface area (Å²) < 4.78 is 5.34. The molecule has 0 N–H and O–H groups in total. The number of nitrogens with zero attached hydrogens (tertiary/aromatic N) is 3. The standard InChI is InChI=1S/C16H27N3O2/c17-6-3-7-19(9-8-18-10-12-21-13-11-18)16(20)14-15-4-1-2-5-15/h15H,1-5,7-14H2. The molecule has 0 aromatic heterocycles. The summed E-state index contributed by atoms with van der Waals surface area (Å²) in [5.74, 6) is 0.816. The number of carbonyl (C=O) groups excluding carboxylic acids is 1. The van der Waals surface area contributed by atoms with Crippen LogP contribution in [0.5, 0.6) is 0 Å². The second-order valence-corrected chi connectivity index (χ2v) is 6.10. The van der Waals surface area contributed by atoms with Crippen molar-refractivity contribution in [3.8, 4) is 6.07 Å². The van der Waals surface area contributed by atoms with Crippen LogP contribution in [0.25, 0.3) is 0 Å². The van der Waals surface area contributed by atoms with Gasteiger partial charge in [0.25, 0.3) is 0 Å². The molecule has 2 rings (SSSR count). The lowest BCUT2D eigenvalue weighted by molar-refractivity contribution is -0.132. The maximum absolute atomic E-state index is 12.5. The summed E-state index contributed by atoms with van der Waals surface area (Å²) in [5, 5.41) is 8.78. The van der Waals surface area contributed by atoms with Crippen molar-refractivity contribution >= 4 is 5.91 Å². The van der Waals surface area contributed by atoms with Crippen molar-refractivity contribution in [2.24, 2.45) is 5.92 Å². The predicted octanol–water partition coefficient (Wildman–Crippen LogP) is 1.64. The highest BCUT2D eigenvalue weighted by atomic mass is 16.5. The highest BCUT2D eigenvalue weighted by molar-refractivity contribution is 5.76. The summed E-state index contributed by atoms with van der Waals surface area (Å²) in [5.41, 5.74) is 0. The molecule has 0 aromatic carbocycles. The summed E-state index contributed by atoms with van der Waals surface area (Å²) in [7, 11) is 0. The van der Waals surface area contributed by atoms with E-state index in [4.69, 9.17) is 10.00 Å². The zero-order valence-electron chi connectivity index (χ0n) is 12.9. The number of nitriles is 1. The van der Waals surface area contributed by atoms with E-state index in [-0.39, 0.29) is 5.91 Å². The molecule has 2 fully saturated rings. The number of rotatable bonds is 7. The fraction of sp³-hybridized carbons (Fsp3) is 0.875. The van der Waals surface area contributed by atoms with Gasteiger partial charge in [-0.2, -0.15) is 5.26 Å². The molecule has 1 aliphatic heterocycles. The third-order valence-corrected chi connectivity index (χ3v) is 4.57. The van der Waals surface area contributed by atoms with E-state index in [1.807, 2.05) is 4.90 Å². The summed E-state index contributed by atoms with van der Waals surface area (Å²) in [6.07, 6.45) is 6.03. The van der Waals surface area contributed by atoms with Crippen LogP contribution in [-0.2, 0) is 9.53 Å². The van der Waals surface area contributed by atoms with E-state index < -0.39 is 0 Å². The van der Waals surface area contributed by atoms with Crippen LogP contribution >= 0.6 is 0 Å². The molecule has 1 saturated heterocycles. The monoisotopic (exact) mass is 293 g/mol. The number of amides is 1. The molecule has 1 saturated carbocycles. The molecule has 0 atom stereocenters. The molecule has 0 spiro atoms. The molecule has 0 aromatic rings. The first-order valence-corrected chi connectivity index (χ1v) is 8.24. The van der Waals surface area contributed by atoms with Gasteiger partial charge < -0.3 is 9.64 Å². The Hall–Kier alpha value is -1.12. The van der Waals surface area contributed by atoms with E-state index in [9.17, 15) is 4.79 Å². The van der Waals surface area contributed by atoms with Gasteiger partial charge in [0.15, 0.2) is 0 Å². The zero-order valence-corrected chi connectivity index (χ0v) is 12.9. The summed E-state index contributed by atoms with van der Waals surface area (Å²) >= 11 is 0. The van der Waals surface area contributed by atoms with Crippen LogP contribution in [0.3, 0.4) is 0 Å². The molecule has 0 unspecified atom stereocenters. The Labute approximate surface area is 127 Å². The fourth-order valence-electron chi connectivity index (χ4n) is 3.22. The minimum Gasteiger partial charge on any atom is -0.379 e. The summed E-state index contributed by atoms with van der Waals surface area (Å²) in [6.45, 7) is 5.68. The molecule has 118 valence electrons. The Morgan fingerprint density at radius 3 is 2.62 bits per heavy atom. The fourth-order valence-corrected chi connectivity index (χ4v) is 3.22. The van der Waals surface area contributed by atoms with Crippen LogP contribution in [0.2, 0.25) is 0 Å². The highest BCUT2D eigenvalue weighted by Gasteiger charge is 2.22. The Morgan fingerprint density at radius 1 is 1.24 bits per heavy atom. The topological polar surface area (TPSA) is 56.6 Å². The van der Waals surface area contributed by atoms with E-state index in [0.29, 0.717) is 25.3 Å². The molecule has 5 heteroatoms. The van der Waals surface area contributed by atoms with Crippen LogP contribution in [0, 0.1) is 17.2 Å². The van der Waals surface area contributed by atoms with Crippen molar-refractivity contribution in [3.63, 3.8) is 0 Å². The highest BCUT2D eigenvalue weighted by Crippen LogP contribution is 2.28. The number of morpholine rings is 1. The third kappa shape index (κ3) is 5.64. The maximum Gasteiger partial charge on any atom is 0.222 e. The van der Waals surface area contributed by atoms with E-state index in [1.165, 1.54) is 25.7 Å². The number of carbonyl (C=O) groups is 1. The van der Waals surface area contributed by atoms with Crippen LogP contribution < -0.4 is 0 Å². The van der Waals surface area contributed by atoms with Gasteiger partial charge in [0, 0.05) is 39.1 Å². The Morgan fingerprint density at radius 2 is 1.95 bits per heavy atom. The third-order valence-electron chi connectivity index (χ3n) is 4.57. The van der Waals surface area contributed by atoms with Crippen molar-refractivity contribution < 1.29 is 9.53 Å². The van der Waals surface area contributed by atoms with Crippen molar-refractivity contribution in [2.75, 3.05) is 45.9 Å². The van der Waals surface area contributed by atoms with E-state index in [1.54, 1.807) is 0 Å². The van der Waals surface area contributed by atoms with Gasteiger partial charge in [-0.15, -0.1) is 0 Å². The summed E-state index contributed by atoms with van der Waals surface area (Å²) in [6, 6.07) is 2.16. The van der Waals surface area contributed by atoms with Gasteiger partial charge in [0.2, 0.25) is 5.91 Å². The van der Waals surface area contributed by atoms with Gasteiger partial charge in [-0.3, -0.25) is 9.69 Å². The van der Waals surface area contributed by atoms with E-state index in [2.05, 4.69) is 11.0 Å². The van der Waals surface area contributed by atoms with Gasteiger partial charge in [-0.1, -0.05) is 12.8 Å². The van der Waals surface area contributed by atoms with Gasteiger partial charge in [0.1, 0.15) is 0 Å². The zero-order chi connectivity index (χ0) is 14.9. The Kier molecular flexibility index (Phi) is 6.98. The van der Waals surface area contributed by atoms with Crippen molar-refractivity contribution in [1.82, 2.24) is 9.80 Å². The van der Waals surface area contributed by atoms with Crippen molar-refractivity contribution in [1.29, 1.82) is 5.26 Å². The van der Waals surface area contributed by atoms with Gasteiger partial charge in [-0.05, 0) is 18.8 Å². The minimum atomic E-state index is 0.241. The maximum atomic E-state index is 12.5. The normalized spacial score (nSPS) is 20.3. The average molecular weight is 293 g/mol. The second-order valence-electron chi connectivity index (χ2n) is 6.10. The molecular weight excluding hydrogens is 266 g/mol. The Bertz CT molecular complexity index is 355. The van der Waals surface area contributed by atoms with Crippen LogP contribution in [0.1, 0.15) is 38.5 Å². The molecule has 21 heavy (non-hydrogen) atoms. The molecule has 1 heterocycles. The van der Waals surface area contributed by atoms with Crippen LogP contribution in [0.4, 0.5) is 0 Å². The molecule has 2 aliphatic rings. The van der Waals surface area contributed by atoms with E-state index >= 15 is 0 Å². The quantitative estimate of drug-likeness (QED) is 0.716. The first-order valence-electron chi connectivity index (χ1n) is 8.24. The summed E-state index contributed by atoms with van der Waals surface area (Å²) in [4.78, 5) is 16.7. The Balaban J connectivity index is 1.77. The van der Waals surface area contributed by atoms with Crippen molar-refractivity contribution in [3.05, 3.63) is 0 Å². The SMILES string of the molecule is N#CCCN(CCN1CCOCC1)C(=O)CC1CCCC1. The minimum absolute atomic E-state index is 0.241. The average Bonchev–Trinajstić information content (AvgIpc) is 3.01. The first kappa shape index (κ1) is 16.3. The number of hydrogen-bond acceptors (Lipinski definition) is 4. The van der Waals surface area contributed by atoms with Gasteiger partial charge >= 0.3 is 0 Å². The molecule has 1 aliphatic carbocycles. The molecule has 5 nitrogen and oxygen atoms in total. The smallest absolute Gasteiger partial charge is 0.222 e. The lowest BCUT2D eigenvalue weighted by Crippen LogP contribution is -2.43. The van der Waals surface area contributed by atoms with Crippen LogP contribution in [0.15, 0.2) is 0 Å². The molecule has 1 amide bonds. The number of ether oxygens (including phenoxy) is 1. The van der Waals surface area contributed by atoms with Gasteiger partial charge in [0.05, 0.1) is 25.7 Å². The van der Waals surface area contributed by atoms with Gasteiger partial charge in [-0.25, -0.2) is 0 Å². The predicted molar refractivity (Wildman–Crippen MR) is 80.6 cm³/mol. The van der Waals surface area contributed by atoms with Crippen LogP contribution in [-0.4, -0.2) is 61.6 Å². The second kappa shape index (κ2) is 9.01. The number of hydrogen-bond donors (Lipinski definition) is 0. The largest absolute Gasteiger partial charge is 0.379 e. The van der Waals surface area contributed by atoms with E-state index in [0.717, 1.165) is 39.4 Å². The molecule has 0 radical (unpaired) electrons. The molecular formula is C16H27N3O2. The first-order chi connectivity index (χ1) is 10.3. The lowest BCUT2D eigenvalue weighted by atomic mass is 10.0. The lowest BCUT2D eigenvalue weighted by Gasteiger charge is -2.30. The molecule has 0 bridgehead atoms.